The number of benzene rings is 2. The number of nitrogens with zero attached hydrogens (tertiary/aromatic N) is 2. The molecule has 2 aromatic carbocycles. The van der Waals surface area contributed by atoms with Crippen molar-refractivity contribution >= 4 is 21.7 Å². The molecule has 7 nitrogen and oxygen atoms in total. The average molecular weight is 384 g/mol. The highest BCUT2D eigenvalue weighted by atomic mass is 32.2. The Labute approximate surface area is 158 Å². The molecular weight excluding hydrogens is 364 g/mol. The molecule has 8 heteroatoms. The molecule has 0 unspecified atom stereocenters. The summed E-state index contributed by atoms with van der Waals surface area (Å²) in [7, 11) is -2.03. The summed E-state index contributed by atoms with van der Waals surface area (Å²) >= 11 is 0. The van der Waals surface area contributed by atoms with Gasteiger partial charge in [-0.25, -0.2) is 8.42 Å². The third-order valence-electron chi connectivity index (χ3n) is 3.84. The van der Waals surface area contributed by atoms with E-state index in [1.807, 2.05) is 24.3 Å². The number of methoxy groups -OCH3 is 1. The van der Waals surface area contributed by atoms with E-state index in [2.05, 4.69) is 20.2 Å². The van der Waals surface area contributed by atoms with Crippen molar-refractivity contribution < 1.29 is 13.2 Å². The molecule has 0 fully saturated rings. The number of nitrogens with one attached hydrogen (secondary N) is 2. The normalized spacial score (nSPS) is 11.0. The molecule has 2 N–H and O–H groups in total. The molecule has 0 radical (unpaired) electrons. The van der Waals surface area contributed by atoms with Crippen molar-refractivity contribution in [2.24, 2.45) is 0 Å². The molecule has 0 aliphatic heterocycles. The fraction of sp³-hybridized carbons (Fsp3) is 0.158. The highest BCUT2D eigenvalue weighted by Crippen LogP contribution is 2.15. The van der Waals surface area contributed by atoms with Crippen molar-refractivity contribution in [1.29, 1.82) is 0 Å². The van der Waals surface area contributed by atoms with E-state index < -0.39 is 10.0 Å². The Morgan fingerprint density at radius 2 is 1.56 bits per heavy atom. The molecule has 0 atom stereocenters. The molecule has 0 spiro atoms. The molecular formula is C19H20N4O3S. The average Bonchev–Trinajstić information content (AvgIpc) is 2.70. The van der Waals surface area contributed by atoms with Gasteiger partial charge in [-0.3, -0.25) is 4.72 Å². The topological polar surface area (TPSA) is 93.2 Å². The third kappa shape index (κ3) is 5.18. The first-order valence-corrected chi connectivity index (χ1v) is 9.83. The van der Waals surface area contributed by atoms with Gasteiger partial charge in [0.1, 0.15) is 11.6 Å². The molecule has 0 saturated carbocycles. The minimum absolute atomic E-state index is 0.166. The highest BCUT2D eigenvalue weighted by Gasteiger charge is 2.14. The number of anilines is 2. The van der Waals surface area contributed by atoms with E-state index in [9.17, 15) is 8.42 Å². The van der Waals surface area contributed by atoms with E-state index in [1.165, 1.54) is 17.7 Å². The van der Waals surface area contributed by atoms with Crippen LogP contribution in [-0.2, 0) is 16.4 Å². The van der Waals surface area contributed by atoms with Crippen LogP contribution in [0.4, 0.5) is 11.6 Å². The van der Waals surface area contributed by atoms with Crippen molar-refractivity contribution in [1.82, 2.24) is 10.2 Å². The first-order chi connectivity index (χ1) is 13.1. The van der Waals surface area contributed by atoms with Crippen LogP contribution in [0.1, 0.15) is 5.56 Å². The van der Waals surface area contributed by atoms with E-state index in [0.717, 1.165) is 12.2 Å². The Morgan fingerprint density at radius 3 is 2.19 bits per heavy atom. The molecule has 0 saturated heterocycles. The van der Waals surface area contributed by atoms with Crippen molar-refractivity contribution in [3.8, 4) is 5.75 Å². The Hall–Kier alpha value is -3.13. The summed E-state index contributed by atoms with van der Waals surface area (Å²) in [4.78, 5) is 0.175. The smallest absolute Gasteiger partial charge is 0.263 e. The second-order valence-electron chi connectivity index (χ2n) is 5.75. The zero-order valence-corrected chi connectivity index (χ0v) is 15.6. The van der Waals surface area contributed by atoms with Crippen molar-refractivity contribution in [3.05, 3.63) is 72.3 Å². The van der Waals surface area contributed by atoms with Crippen LogP contribution in [0.3, 0.4) is 0 Å². The first-order valence-electron chi connectivity index (χ1n) is 8.35. The predicted molar refractivity (Wildman–Crippen MR) is 104 cm³/mol. The molecule has 0 amide bonds. The minimum Gasteiger partial charge on any atom is -0.497 e. The SMILES string of the molecule is COc1ccc(CCNc2ccc(NS(=O)(=O)c3ccccc3)nn2)cc1. The van der Waals surface area contributed by atoms with Gasteiger partial charge in [0.2, 0.25) is 0 Å². The molecule has 27 heavy (non-hydrogen) atoms. The molecule has 1 aromatic heterocycles. The summed E-state index contributed by atoms with van der Waals surface area (Å²) in [5.74, 6) is 1.57. The van der Waals surface area contributed by atoms with E-state index in [-0.39, 0.29) is 10.7 Å². The Morgan fingerprint density at radius 1 is 0.889 bits per heavy atom. The zero-order chi connectivity index (χ0) is 19.1. The Kier molecular flexibility index (Phi) is 5.87. The van der Waals surface area contributed by atoms with Crippen LogP contribution >= 0.6 is 0 Å². The van der Waals surface area contributed by atoms with Gasteiger partial charge in [0, 0.05) is 6.54 Å². The van der Waals surface area contributed by atoms with Crippen LogP contribution in [-0.4, -0.2) is 32.3 Å². The summed E-state index contributed by atoms with van der Waals surface area (Å²) < 4.78 is 32.1. The molecule has 140 valence electrons. The van der Waals surface area contributed by atoms with E-state index >= 15 is 0 Å². The molecule has 3 rings (SSSR count). The second-order valence-corrected chi connectivity index (χ2v) is 7.43. The van der Waals surface area contributed by atoms with Gasteiger partial charge in [0.05, 0.1) is 12.0 Å². The third-order valence-corrected chi connectivity index (χ3v) is 5.21. The largest absolute Gasteiger partial charge is 0.497 e. The maximum atomic E-state index is 12.3. The lowest BCUT2D eigenvalue weighted by atomic mass is 10.1. The van der Waals surface area contributed by atoms with Gasteiger partial charge in [-0.15, -0.1) is 10.2 Å². The summed E-state index contributed by atoms with van der Waals surface area (Å²) in [6, 6.07) is 19.2. The van der Waals surface area contributed by atoms with Gasteiger partial charge in [0.15, 0.2) is 5.82 Å². The standard InChI is InChI=1S/C19H20N4O3S/c1-26-16-9-7-15(8-10-16)13-14-20-18-11-12-19(22-21-18)23-27(24,25)17-5-3-2-4-6-17/h2-12H,13-14H2,1H3,(H,20,21)(H,22,23). The number of rotatable bonds is 8. The number of sulfonamides is 1. The fourth-order valence-electron chi connectivity index (χ4n) is 2.40. The first kappa shape index (κ1) is 18.7. The molecule has 3 aromatic rings. The minimum atomic E-state index is -3.67. The summed E-state index contributed by atoms with van der Waals surface area (Å²) in [6.45, 7) is 0.677. The lowest BCUT2D eigenvalue weighted by Crippen LogP contribution is -2.14. The Bertz CT molecular complexity index is 960. The van der Waals surface area contributed by atoms with E-state index in [4.69, 9.17) is 4.74 Å². The van der Waals surface area contributed by atoms with Crippen LogP contribution in [0.25, 0.3) is 0 Å². The quantitative estimate of drug-likeness (QED) is 0.620. The number of hydrogen-bond acceptors (Lipinski definition) is 6. The van der Waals surface area contributed by atoms with Crippen molar-refractivity contribution in [2.75, 3.05) is 23.7 Å². The number of aromatic nitrogens is 2. The van der Waals surface area contributed by atoms with Gasteiger partial charge >= 0.3 is 0 Å². The monoisotopic (exact) mass is 384 g/mol. The lowest BCUT2D eigenvalue weighted by Gasteiger charge is -2.08. The zero-order valence-electron chi connectivity index (χ0n) is 14.8. The molecule has 1 heterocycles. The van der Waals surface area contributed by atoms with Crippen LogP contribution < -0.4 is 14.8 Å². The molecule has 0 aliphatic carbocycles. The van der Waals surface area contributed by atoms with Crippen molar-refractivity contribution in [3.63, 3.8) is 0 Å². The molecule has 0 aliphatic rings. The van der Waals surface area contributed by atoms with Crippen molar-refractivity contribution in [2.45, 2.75) is 11.3 Å². The Balaban J connectivity index is 1.54. The number of ether oxygens (including phenoxy) is 1. The lowest BCUT2D eigenvalue weighted by molar-refractivity contribution is 0.414. The second kappa shape index (κ2) is 8.50. The van der Waals surface area contributed by atoms with Crippen LogP contribution in [0, 0.1) is 0 Å². The summed E-state index contributed by atoms with van der Waals surface area (Å²) in [5.41, 5.74) is 1.17. The van der Waals surface area contributed by atoms with Crippen LogP contribution in [0.2, 0.25) is 0 Å². The van der Waals surface area contributed by atoms with Crippen LogP contribution in [0.5, 0.6) is 5.75 Å². The maximum absolute atomic E-state index is 12.3. The molecule has 0 bridgehead atoms. The highest BCUT2D eigenvalue weighted by molar-refractivity contribution is 7.92. The van der Waals surface area contributed by atoms with Gasteiger partial charge in [-0.05, 0) is 48.4 Å². The summed E-state index contributed by atoms with van der Waals surface area (Å²) in [6.07, 6.45) is 0.814. The van der Waals surface area contributed by atoms with Gasteiger partial charge in [0.25, 0.3) is 10.0 Å². The van der Waals surface area contributed by atoms with Gasteiger partial charge in [-0.1, -0.05) is 30.3 Å². The van der Waals surface area contributed by atoms with E-state index in [0.29, 0.717) is 12.4 Å². The van der Waals surface area contributed by atoms with Gasteiger partial charge < -0.3 is 10.1 Å². The van der Waals surface area contributed by atoms with Gasteiger partial charge in [-0.2, -0.15) is 0 Å². The van der Waals surface area contributed by atoms with E-state index in [1.54, 1.807) is 37.4 Å². The summed E-state index contributed by atoms with van der Waals surface area (Å²) in [5, 5.41) is 11.1. The maximum Gasteiger partial charge on any atom is 0.263 e. The van der Waals surface area contributed by atoms with Crippen LogP contribution in [0.15, 0.2) is 71.6 Å². The predicted octanol–water partition coefficient (Wildman–Crippen LogP) is 2.94. The number of hydrogen-bond donors (Lipinski definition) is 2. The fourth-order valence-corrected chi connectivity index (χ4v) is 3.42.